The van der Waals surface area contributed by atoms with Crippen molar-refractivity contribution in [2.45, 2.75) is 17.5 Å². The second kappa shape index (κ2) is 11.2. The van der Waals surface area contributed by atoms with Crippen LogP contribution in [0.1, 0.15) is 5.56 Å². The van der Waals surface area contributed by atoms with E-state index in [9.17, 15) is 23.1 Å². The van der Waals surface area contributed by atoms with E-state index in [1.807, 2.05) is 30.3 Å². The number of rotatable bonds is 7. The molecular weight excluding hydrogens is 493 g/mol. The number of carbonyl (C=O) groups excluding carboxylic acids is 2. The van der Waals surface area contributed by atoms with Gasteiger partial charge in [-0.05, 0) is 23.8 Å². The molecule has 1 aliphatic rings. The molecule has 1 saturated heterocycles. The first kappa shape index (κ1) is 25.3. The van der Waals surface area contributed by atoms with Crippen LogP contribution in [0, 0.1) is 0 Å². The summed E-state index contributed by atoms with van der Waals surface area (Å²) in [7, 11) is -4.19. The second-order valence-corrected chi connectivity index (χ2v) is 9.81. The third-order valence-corrected chi connectivity index (χ3v) is 7.21. The van der Waals surface area contributed by atoms with Crippen molar-refractivity contribution in [2.75, 3.05) is 32.8 Å². The molecule has 0 radical (unpaired) electrons. The largest absolute Gasteiger partial charge is 0.445 e. The molecule has 0 aromatic heterocycles. The van der Waals surface area contributed by atoms with Crippen LogP contribution in [0.5, 0.6) is 0 Å². The van der Waals surface area contributed by atoms with E-state index in [4.69, 9.17) is 27.9 Å². The summed E-state index contributed by atoms with van der Waals surface area (Å²) in [6.07, 6.45) is -0.497. The van der Waals surface area contributed by atoms with Crippen LogP contribution in [0.4, 0.5) is 4.79 Å². The van der Waals surface area contributed by atoms with Gasteiger partial charge in [-0.2, -0.15) is 4.72 Å². The summed E-state index contributed by atoms with van der Waals surface area (Å²) in [6, 6.07) is 11.7. The third kappa shape index (κ3) is 6.58. The number of piperazine rings is 1. The first-order chi connectivity index (χ1) is 15.7. The summed E-state index contributed by atoms with van der Waals surface area (Å²) in [5.41, 5.74) is 0.860. The Labute approximate surface area is 201 Å². The maximum absolute atomic E-state index is 12.8. The highest BCUT2D eigenvalue weighted by Crippen LogP contribution is 2.25. The number of hydrogen-bond acceptors (Lipinski definition) is 6. The van der Waals surface area contributed by atoms with E-state index in [1.165, 1.54) is 28.0 Å². The molecule has 2 amide bonds. The predicted octanol–water partition coefficient (Wildman–Crippen LogP) is 2.11. The fourth-order valence-electron chi connectivity index (χ4n) is 3.25. The molecule has 1 heterocycles. The van der Waals surface area contributed by atoms with Gasteiger partial charge in [0.1, 0.15) is 17.5 Å². The number of ether oxygens (including phenoxy) is 1. The number of aliphatic hydroxyl groups is 1. The summed E-state index contributed by atoms with van der Waals surface area (Å²) in [4.78, 5) is 27.7. The first-order valence-corrected chi connectivity index (χ1v) is 12.3. The molecule has 2 aromatic rings. The van der Waals surface area contributed by atoms with Crippen LogP contribution in [0.15, 0.2) is 53.4 Å². The Bertz CT molecular complexity index is 1090. The number of hydrogen-bond donors (Lipinski definition) is 2. The van der Waals surface area contributed by atoms with Crippen LogP contribution in [-0.2, 0) is 26.2 Å². The maximum atomic E-state index is 12.8. The molecule has 178 valence electrons. The number of nitrogens with zero attached hydrogens (tertiary/aromatic N) is 2. The Morgan fingerprint density at radius 3 is 2.27 bits per heavy atom. The minimum Gasteiger partial charge on any atom is -0.445 e. The standard InChI is InChI=1S/C21H23Cl2N3O6S/c22-16-6-7-19(17(23)12-16)33(30,31)24-18(13-27)20(28)25-8-10-26(11-9-25)21(29)32-14-15-4-2-1-3-5-15/h1-7,12,18,24,27H,8-11,13-14H2/t18-/m0/s1. The molecule has 2 N–H and O–H groups in total. The normalized spacial score (nSPS) is 15.2. The molecule has 1 atom stereocenters. The Morgan fingerprint density at radius 1 is 1.03 bits per heavy atom. The van der Waals surface area contributed by atoms with E-state index in [-0.39, 0.29) is 47.7 Å². The minimum atomic E-state index is -4.19. The summed E-state index contributed by atoms with van der Waals surface area (Å²) in [5.74, 6) is -0.608. The molecule has 2 aromatic carbocycles. The van der Waals surface area contributed by atoms with Gasteiger partial charge in [0.2, 0.25) is 15.9 Å². The van der Waals surface area contributed by atoms with Gasteiger partial charge in [0.15, 0.2) is 0 Å². The van der Waals surface area contributed by atoms with Gasteiger partial charge >= 0.3 is 6.09 Å². The lowest BCUT2D eigenvalue weighted by Gasteiger charge is -2.35. The summed E-state index contributed by atoms with van der Waals surface area (Å²) < 4.78 is 32.8. The van der Waals surface area contributed by atoms with Crippen LogP contribution >= 0.6 is 23.2 Å². The van der Waals surface area contributed by atoms with Crippen LogP contribution < -0.4 is 4.72 Å². The van der Waals surface area contributed by atoms with E-state index in [2.05, 4.69) is 4.72 Å². The van der Waals surface area contributed by atoms with Gasteiger partial charge in [0.05, 0.1) is 11.6 Å². The Balaban J connectivity index is 1.55. The highest BCUT2D eigenvalue weighted by Gasteiger charge is 2.32. The molecule has 1 aliphatic heterocycles. The Morgan fingerprint density at radius 2 is 1.67 bits per heavy atom. The van der Waals surface area contributed by atoms with Gasteiger partial charge in [-0.3, -0.25) is 4.79 Å². The SMILES string of the molecule is O=C(OCc1ccccc1)N1CCN(C(=O)[C@H](CO)NS(=O)(=O)c2ccc(Cl)cc2Cl)CC1. The number of amides is 2. The monoisotopic (exact) mass is 515 g/mol. The lowest BCUT2D eigenvalue weighted by molar-refractivity contribution is -0.135. The van der Waals surface area contributed by atoms with Crippen LogP contribution in [0.25, 0.3) is 0 Å². The number of nitrogens with one attached hydrogen (secondary N) is 1. The van der Waals surface area contributed by atoms with Gasteiger partial charge in [0, 0.05) is 31.2 Å². The van der Waals surface area contributed by atoms with E-state index in [1.54, 1.807) is 0 Å². The first-order valence-electron chi connectivity index (χ1n) is 10.0. The minimum absolute atomic E-state index is 0.109. The number of sulfonamides is 1. The van der Waals surface area contributed by atoms with Crippen molar-refractivity contribution < 1.29 is 27.9 Å². The van der Waals surface area contributed by atoms with E-state index in [0.29, 0.717) is 0 Å². The smallest absolute Gasteiger partial charge is 0.410 e. The Kier molecular flexibility index (Phi) is 8.55. The lowest BCUT2D eigenvalue weighted by Crippen LogP contribution is -2.56. The third-order valence-electron chi connectivity index (χ3n) is 5.02. The molecule has 0 bridgehead atoms. The predicted molar refractivity (Wildman–Crippen MR) is 122 cm³/mol. The van der Waals surface area contributed by atoms with Crippen LogP contribution in [-0.4, -0.2) is 74.2 Å². The van der Waals surface area contributed by atoms with Crippen LogP contribution in [0.2, 0.25) is 10.0 Å². The zero-order chi connectivity index (χ0) is 24.0. The number of carbonyl (C=O) groups is 2. The zero-order valence-corrected chi connectivity index (χ0v) is 19.8. The zero-order valence-electron chi connectivity index (χ0n) is 17.5. The number of halogens is 2. The van der Waals surface area contributed by atoms with Crippen molar-refractivity contribution in [3.8, 4) is 0 Å². The highest BCUT2D eigenvalue weighted by molar-refractivity contribution is 7.89. The summed E-state index contributed by atoms with van der Waals surface area (Å²) >= 11 is 11.8. The molecule has 12 heteroatoms. The maximum Gasteiger partial charge on any atom is 0.410 e. The van der Waals surface area contributed by atoms with Crippen molar-refractivity contribution in [2.24, 2.45) is 0 Å². The van der Waals surface area contributed by atoms with Gasteiger partial charge in [-0.1, -0.05) is 53.5 Å². The molecular formula is C21H23Cl2N3O6S. The molecule has 0 unspecified atom stereocenters. The van der Waals surface area contributed by atoms with E-state index in [0.717, 1.165) is 5.56 Å². The molecule has 1 fully saturated rings. The van der Waals surface area contributed by atoms with Crippen molar-refractivity contribution >= 4 is 45.2 Å². The molecule has 0 aliphatic carbocycles. The lowest BCUT2D eigenvalue weighted by atomic mass is 10.2. The molecule has 3 rings (SSSR count). The molecule has 9 nitrogen and oxygen atoms in total. The van der Waals surface area contributed by atoms with E-state index >= 15 is 0 Å². The van der Waals surface area contributed by atoms with E-state index < -0.39 is 34.7 Å². The van der Waals surface area contributed by atoms with Crippen molar-refractivity contribution in [3.63, 3.8) is 0 Å². The fraction of sp³-hybridized carbons (Fsp3) is 0.333. The fourth-order valence-corrected chi connectivity index (χ4v) is 5.20. The summed E-state index contributed by atoms with van der Waals surface area (Å²) in [5, 5.41) is 9.80. The number of benzene rings is 2. The van der Waals surface area contributed by atoms with Crippen molar-refractivity contribution in [1.82, 2.24) is 14.5 Å². The van der Waals surface area contributed by atoms with Crippen molar-refractivity contribution in [3.05, 3.63) is 64.1 Å². The van der Waals surface area contributed by atoms with Gasteiger partial charge in [-0.25, -0.2) is 13.2 Å². The van der Waals surface area contributed by atoms with Crippen LogP contribution in [0.3, 0.4) is 0 Å². The molecule has 0 saturated carbocycles. The van der Waals surface area contributed by atoms with Gasteiger partial charge in [-0.15, -0.1) is 0 Å². The summed E-state index contributed by atoms with van der Waals surface area (Å²) in [6.45, 7) is 0.155. The second-order valence-electron chi connectivity index (χ2n) is 7.28. The molecule has 0 spiro atoms. The average Bonchev–Trinajstić information content (AvgIpc) is 2.81. The quantitative estimate of drug-likeness (QED) is 0.583. The average molecular weight is 516 g/mol. The highest BCUT2D eigenvalue weighted by atomic mass is 35.5. The van der Waals surface area contributed by atoms with Gasteiger partial charge in [0.25, 0.3) is 0 Å². The van der Waals surface area contributed by atoms with Crippen molar-refractivity contribution in [1.29, 1.82) is 0 Å². The van der Waals surface area contributed by atoms with Gasteiger partial charge < -0.3 is 19.6 Å². The topological polar surface area (TPSA) is 116 Å². The number of aliphatic hydroxyl groups excluding tert-OH is 1. The Hall–Kier alpha value is -2.37. The molecule has 33 heavy (non-hydrogen) atoms.